The Hall–Kier alpha value is -2.81. The fourth-order valence-electron chi connectivity index (χ4n) is 1.56. The predicted octanol–water partition coefficient (Wildman–Crippen LogP) is 2.38. The second-order valence-corrected chi connectivity index (χ2v) is 4.86. The first-order chi connectivity index (χ1) is 10.5. The minimum Gasteiger partial charge on any atom is -0.360 e. The van der Waals surface area contributed by atoms with Gasteiger partial charge < -0.3 is 16.0 Å². The molecule has 1 atom stereocenters. The molecule has 0 saturated heterocycles. The number of benzene rings is 1. The SMILES string of the molecule is CCC(C)NC(=O)/C(C#N)=C\Nc1ccc(NC(C)=O)cc1. The lowest BCUT2D eigenvalue weighted by Crippen LogP contribution is -2.33. The van der Waals surface area contributed by atoms with Crippen LogP contribution in [0.1, 0.15) is 27.2 Å². The Balaban J connectivity index is 2.70. The van der Waals surface area contributed by atoms with Crippen molar-refractivity contribution in [3.63, 3.8) is 0 Å². The highest BCUT2D eigenvalue weighted by Crippen LogP contribution is 2.13. The van der Waals surface area contributed by atoms with Crippen LogP contribution in [0, 0.1) is 11.3 Å². The van der Waals surface area contributed by atoms with Crippen LogP contribution in [0.15, 0.2) is 36.0 Å². The van der Waals surface area contributed by atoms with Crippen molar-refractivity contribution in [2.45, 2.75) is 33.2 Å². The van der Waals surface area contributed by atoms with E-state index in [4.69, 9.17) is 5.26 Å². The molecule has 6 heteroatoms. The van der Waals surface area contributed by atoms with Crippen LogP contribution in [0.4, 0.5) is 11.4 Å². The van der Waals surface area contributed by atoms with E-state index in [-0.39, 0.29) is 17.5 Å². The summed E-state index contributed by atoms with van der Waals surface area (Å²) in [5.41, 5.74) is 1.39. The Morgan fingerprint density at radius 2 is 1.86 bits per heavy atom. The molecule has 22 heavy (non-hydrogen) atoms. The third kappa shape index (κ3) is 5.67. The van der Waals surface area contributed by atoms with Crippen LogP contribution in [-0.4, -0.2) is 17.9 Å². The third-order valence-electron chi connectivity index (χ3n) is 2.94. The number of amides is 2. The van der Waals surface area contributed by atoms with Crippen molar-refractivity contribution in [3.8, 4) is 6.07 Å². The molecule has 2 amide bonds. The number of carbonyl (C=O) groups excluding carboxylic acids is 2. The van der Waals surface area contributed by atoms with Gasteiger partial charge in [-0.05, 0) is 37.6 Å². The molecule has 0 aliphatic heterocycles. The molecular weight excluding hydrogens is 280 g/mol. The molecule has 116 valence electrons. The van der Waals surface area contributed by atoms with Crippen molar-refractivity contribution < 1.29 is 9.59 Å². The third-order valence-corrected chi connectivity index (χ3v) is 2.94. The maximum Gasteiger partial charge on any atom is 0.263 e. The highest BCUT2D eigenvalue weighted by molar-refractivity contribution is 5.97. The molecule has 0 fully saturated rings. The summed E-state index contributed by atoms with van der Waals surface area (Å²) < 4.78 is 0. The summed E-state index contributed by atoms with van der Waals surface area (Å²) in [6.45, 7) is 5.26. The van der Waals surface area contributed by atoms with Crippen molar-refractivity contribution in [3.05, 3.63) is 36.0 Å². The molecule has 1 aromatic rings. The van der Waals surface area contributed by atoms with Crippen LogP contribution in [-0.2, 0) is 9.59 Å². The van der Waals surface area contributed by atoms with Gasteiger partial charge in [-0.3, -0.25) is 9.59 Å². The van der Waals surface area contributed by atoms with Crippen LogP contribution in [0.25, 0.3) is 0 Å². The first-order valence-corrected chi connectivity index (χ1v) is 7.01. The van der Waals surface area contributed by atoms with Crippen molar-refractivity contribution in [1.29, 1.82) is 5.26 Å². The van der Waals surface area contributed by atoms with E-state index in [1.54, 1.807) is 24.3 Å². The summed E-state index contributed by atoms with van der Waals surface area (Å²) in [6.07, 6.45) is 2.16. The van der Waals surface area contributed by atoms with E-state index in [0.717, 1.165) is 6.42 Å². The molecule has 0 radical (unpaired) electrons. The maximum atomic E-state index is 11.9. The normalized spacial score (nSPS) is 12.0. The van der Waals surface area contributed by atoms with E-state index in [0.29, 0.717) is 11.4 Å². The molecule has 0 bridgehead atoms. The summed E-state index contributed by atoms with van der Waals surface area (Å²) in [7, 11) is 0. The van der Waals surface area contributed by atoms with Crippen molar-refractivity contribution >= 4 is 23.2 Å². The first-order valence-electron chi connectivity index (χ1n) is 7.01. The minimum atomic E-state index is -0.404. The average molecular weight is 300 g/mol. The van der Waals surface area contributed by atoms with Crippen molar-refractivity contribution in [1.82, 2.24) is 5.32 Å². The number of anilines is 2. The monoisotopic (exact) mass is 300 g/mol. The van der Waals surface area contributed by atoms with E-state index in [9.17, 15) is 9.59 Å². The molecule has 0 heterocycles. The van der Waals surface area contributed by atoms with Gasteiger partial charge in [0.15, 0.2) is 0 Å². The van der Waals surface area contributed by atoms with Crippen LogP contribution in [0.3, 0.4) is 0 Å². The first kappa shape index (κ1) is 17.2. The van der Waals surface area contributed by atoms with Crippen molar-refractivity contribution in [2.75, 3.05) is 10.6 Å². The number of nitrogens with one attached hydrogen (secondary N) is 3. The van der Waals surface area contributed by atoms with Gasteiger partial charge in [0, 0.05) is 30.5 Å². The Morgan fingerprint density at radius 3 is 2.36 bits per heavy atom. The molecule has 0 aliphatic carbocycles. The highest BCUT2D eigenvalue weighted by atomic mass is 16.2. The van der Waals surface area contributed by atoms with Gasteiger partial charge in [-0.15, -0.1) is 0 Å². The van der Waals surface area contributed by atoms with Gasteiger partial charge in [-0.1, -0.05) is 6.92 Å². The Labute approximate surface area is 130 Å². The molecule has 6 nitrogen and oxygen atoms in total. The molecule has 1 rings (SSSR count). The Morgan fingerprint density at radius 1 is 1.27 bits per heavy atom. The summed E-state index contributed by atoms with van der Waals surface area (Å²) in [6, 6.07) is 8.81. The van der Waals surface area contributed by atoms with Gasteiger partial charge in [0.25, 0.3) is 5.91 Å². The summed E-state index contributed by atoms with van der Waals surface area (Å²) in [5, 5.41) is 17.3. The molecule has 0 spiro atoms. The number of carbonyl (C=O) groups is 2. The van der Waals surface area contributed by atoms with Crippen LogP contribution in [0.2, 0.25) is 0 Å². The zero-order valence-corrected chi connectivity index (χ0v) is 12.9. The predicted molar refractivity (Wildman–Crippen MR) is 86.0 cm³/mol. The molecule has 3 N–H and O–H groups in total. The van der Waals surface area contributed by atoms with Gasteiger partial charge in [0.05, 0.1) is 0 Å². The fourth-order valence-corrected chi connectivity index (χ4v) is 1.56. The van der Waals surface area contributed by atoms with Gasteiger partial charge >= 0.3 is 0 Å². The fraction of sp³-hybridized carbons (Fsp3) is 0.312. The smallest absolute Gasteiger partial charge is 0.263 e. The second-order valence-electron chi connectivity index (χ2n) is 4.86. The maximum absolute atomic E-state index is 11.9. The number of rotatable bonds is 6. The lowest BCUT2D eigenvalue weighted by atomic mass is 10.2. The molecule has 0 aromatic heterocycles. The van der Waals surface area contributed by atoms with E-state index in [1.165, 1.54) is 13.1 Å². The molecular formula is C16H20N4O2. The molecule has 0 aliphatic rings. The second kappa shape index (κ2) is 8.47. The van der Waals surface area contributed by atoms with Gasteiger partial charge in [-0.25, -0.2) is 0 Å². The minimum absolute atomic E-state index is 0.00578. The largest absolute Gasteiger partial charge is 0.360 e. The van der Waals surface area contributed by atoms with Crippen LogP contribution >= 0.6 is 0 Å². The molecule has 1 aromatic carbocycles. The zero-order valence-electron chi connectivity index (χ0n) is 12.9. The summed E-state index contributed by atoms with van der Waals surface area (Å²) in [5.74, 6) is -0.548. The lowest BCUT2D eigenvalue weighted by molar-refractivity contribution is -0.117. The van der Waals surface area contributed by atoms with E-state index >= 15 is 0 Å². The number of hydrogen-bond acceptors (Lipinski definition) is 4. The van der Waals surface area contributed by atoms with E-state index < -0.39 is 5.91 Å². The Bertz CT molecular complexity index is 600. The number of hydrogen-bond donors (Lipinski definition) is 3. The van der Waals surface area contributed by atoms with Gasteiger partial charge in [0.1, 0.15) is 11.6 Å². The van der Waals surface area contributed by atoms with Crippen LogP contribution in [0.5, 0.6) is 0 Å². The number of nitrogens with zero attached hydrogens (tertiary/aromatic N) is 1. The van der Waals surface area contributed by atoms with Gasteiger partial charge in [0.2, 0.25) is 5.91 Å². The van der Waals surface area contributed by atoms with Gasteiger partial charge in [-0.2, -0.15) is 5.26 Å². The van der Waals surface area contributed by atoms with E-state index in [2.05, 4.69) is 16.0 Å². The van der Waals surface area contributed by atoms with E-state index in [1.807, 2.05) is 19.9 Å². The Kier molecular flexibility index (Phi) is 6.64. The lowest BCUT2D eigenvalue weighted by Gasteiger charge is -2.10. The number of nitriles is 1. The summed E-state index contributed by atoms with van der Waals surface area (Å²) >= 11 is 0. The highest BCUT2D eigenvalue weighted by Gasteiger charge is 2.10. The molecule has 0 saturated carbocycles. The zero-order chi connectivity index (χ0) is 16.5. The molecule has 1 unspecified atom stereocenters. The standard InChI is InChI=1S/C16H20N4O2/c1-4-11(2)19-16(22)13(9-17)10-18-14-5-7-15(8-6-14)20-12(3)21/h5-8,10-11,18H,4H2,1-3H3,(H,19,22)(H,20,21)/b13-10-. The average Bonchev–Trinajstić information content (AvgIpc) is 2.48. The summed E-state index contributed by atoms with van der Waals surface area (Å²) in [4.78, 5) is 22.8. The van der Waals surface area contributed by atoms with Crippen molar-refractivity contribution in [2.24, 2.45) is 0 Å². The van der Waals surface area contributed by atoms with Crippen LogP contribution < -0.4 is 16.0 Å². The topological polar surface area (TPSA) is 94.0 Å². The quantitative estimate of drug-likeness (QED) is 0.555.